The molecule has 0 spiro atoms. The second kappa shape index (κ2) is 11.9. The van der Waals surface area contributed by atoms with E-state index in [2.05, 4.69) is 39.5 Å². The SMILES string of the molecule is CCN(CC)CCN(C(=O)c1ccc(C(C)(C)C)cc1)c1nc2cc(OC)c(OC)cc2s1.Cl. The number of carbonyl (C=O) groups excluding carboxylic acids is 1. The quantitative estimate of drug-likeness (QED) is 0.356. The van der Waals surface area contributed by atoms with Gasteiger partial charge in [0.1, 0.15) is 0 Å². The number of benzene rings is 2. The Morgan fingerprint density at radius 3 is 2.09 bits per heavy atom. The second-order valence-corrected chi connectivity index (χ2v) is 9.99. The van der Waals surface area contributed by atoms with Gasteiger partial charge in [0.15, 0.2) is 16.6 Å². The molecule has 6 nitrogen and oxygen atoms in total. The zero-order chi connectivity index (χ0) is 24.2. The Labute approximate surface area is 213 Å². The summed E-state index contributed by atoms with van der Waals surface area (Å²) in [6.07, 6.45) is 0. The fraction of sp³-hybridized carbons (Fsp3) is 0.462. The average Bonchev–Trinajstić information content (AvgIpc) is 3.22. The molecule has 0 radical (unpaired) electrons. The summed E-state index contributed by atoms with van der Waals surface area (Å²) < 4.78 is 11.8. The van der Waals surface area contributed by atoms with Gasteiger partial charge in [0.25, 0.3) is 5.91 Å². The maximum Gasteiger partial charge on any atom is 0.260 e. The lowest BCUT2D eigenvalue weighted by Crippen LogP contribution is -2.38. The number of amides is 1. The first-order valence-electron chi connectivity index (χ1n) is 11.4. The molecule has 0 aliphatic heterocycles. The van der Waals surface area contributed by atoms with Gasteiger partial charge in [-0.1, -0.05) is 58.1 Å². The maximum absolute atomic E-state index is 13.6. The Morgan fingerprint density at radius 1 is 0.971 bits per heavy atom. The third-order valence-electron chi connectivity index (χ3n) is 5.89. The number of halogens is 1. The standard InChI is InChI=1S/C26H35N3O3S.ClH/c1-8-28(9-2)14-15-29(24(30)18-10-12-19(13-11-18)26(3,4)5)25-27-20-16-21(31-6)22(32-7)17-23(20)33-25;/h10-13,16-17H,8-9,14-15H2,1-7H3;1H. The van der Waals surface area contributed by atoms with Gasteiger partial charge in [-0.05, 0) is 36.2 Å². The Kier molecular flexibility index (Phi) is 9.74. The van der Waals surface area contributed by atoms with Gasteiger partial charge in [-0.2, -0.15) is 0 Å². The van der Waals surface area contributed by atoms with Gasteiger partial charge in [0.2, 0.25) is 0 Å². The van der Waals surface area contributed by atoms with Crippen LogP contribution in [0, 0.1) is 0 Å². The van der Waals surface area contributed by atoms with E-state index in [1.54, 1.807) is 19.1 Å². The van der Waals surface area contributed by atoms with E-state index >= 15 is 0 Å². The first-order chi connectivity index (χ1) is 15.7. The van der Waals surface area contributed by atoms with Gasteiger partial charge in [-0.15, -0.1) is 12.4 Å². The first-order valence-corrected chi connectivity index (χ1v) is 12.2. The van der Waals surface area contributed by atoms with Crippen molar-refractivity contribution in [3.8, 4) is 11.5 Å². The van der Waals surface area contributed by atoms with E-state index in [9.17, 15) is 4.79 Å². The van der Waals surface area contributed by atoms with E-state index in [0.717, 1.165) is 29.9 Å². The minimum Gasteiger partial charge on any atom is -0.493 e. The highest BCUT2D eigenvalue weighted by molar-refractivity contribution is 7.22. The number of methoxy groups -OCH3 is 2. The molecule has 0 fully saturated rings. The minimum atomic E-state index is -0.0411. The molecule has 0 bridgehead atoms. The Balaban J connectivity index is 0.00000408. The summed E-state index contributed by atoms with van der Waals surface area (Å²) in [6.45, 7) is 14.0. The monoisotopic (exact) mass is 505 g/mol. The van der Waals surface area contributed by atoms with Crippen LogP contribution in [0.2, 0.25) is 0 Å². The number of hydrogen-bond donors (Lipinski definition) is 0. The van der Waals surface area contributed by atoms with E-state index in [0.29, 0.717) is 28.7 Å². The van der Waals surface area contributed by atoms with Crippen molar-refractivity contribution in [2.45, 2.75) is 40.0 Å². The van der Waals surface area contributed by atoms with Crippen molar-refractivity contribution in [1.82, 2.24) is 9.88 Å². The summed E-state index contributed by atoms with van der Waals surface area (Å²) in [5, 5.41) is 0.678. The molecule has 2 aromatic carbocycles. The molecule has 0 saturated carbocycles. The fourth-order valence-electron chi connectivity index (χ4n) is 3.69. The summed E-state index contributed by atoms with van der Waals surface area (Å²) in [5.74, 6) is 1.24. The van der Waals surface area contributed by atoms with Crippen LogP contribution in [0.15, 0.2) is 36.4 Å². The Morgan fingerprint density at radius 2 is 1.56 bits per heavy atom. The molecule has 3 rings (SSSR count). The number of rotatable bonds is 9. The molecule has 0 unspecified atom stereocenters. The van der Waals surface area contributed by atoms with Crippen LogP contribution in [0.1, 0.15) is 50.5 Å². The smallest absolute Gasteiger partial charge is 0.260 e. The van der Waals surface area contributed by atoms with E-state index in [4.69, 9.17) is 14.5 Å². The van der Waals surface area contributed by atoms with Gasteiger partial charge in [0.05, 0.1) is 24.4 Å². The third-order valence-corrected chi connectivity index (χ3v) is 6.93. The molecular formula is C26H36ClN3O3S. The molecule has 1 heterocycles. The predicted octanol–water partition coefficient (Wildman–Crippen LogP) is 6.02. The minimum absolute atomic E-state index is 0. The first kappa shape index (κ1) is 27.9. The number of anilines is 1. The lowest BCUT2D eigenvalue weighted by molar-refractivity contribution is 0.0983. The highest BCUT2D eigenvalue weighted by Gasteiger charge is 2.23. The molecule has 1 amide bonds. The number of thiazole rings is 1. The number of nitrogens with zero attached hydrogens (tertiary/aromatic N) is 3. The molecule has 1 aromatic heterocycles. The zero-order valence-electron chi connectivity index (χ0n) is 21.2. The molecule has 0 N–H and O–H groups in total. The van der Waals surface area contributed by atoms with Gasteiger partial charge < -0.3 is 14.4 Å². The van der Waals surface area contributed by atoms with Crippen LogP contribution in [0.5, 0.6) is 11.5 Å². The number of fused-ring (bicyclic) bond motifs is 1. The molecular weight excluding hydrogens is 470 g/mol. The maximum atomic E-state index is 13.6. The predicted molar refractivity (Wildman–Crippen MR) is 145 cm³/mol. The van der Waals surface area contributed by atoms with Gasteiger partial charge in [-0.3, -0.25) is 9.69 Å². The van der Waals surface area contributed by atoms with Crippen molar-refractivity contribution in [3.05, 3.63) is 47.5 Å². The van der Waals surface area contributed by atoms with E-state index in [1.165, 1.54) is 16.9 Å². The molecule has 0 saturated heterocycles. The van der Waals surface area contributed by atoms with Crippen LogP contribution in [0.25, 0.3) is 10.2 Å². The topological polar surface area (TPSA) is 54.9 Å². The van der Waals surface area contributed by atoms with E-state index < -0.39 is 0 Å². The highest BCUT2D eigenvalue weighted by atomic mass is 35.5. The Bertz CT molecular complexity index is 1050. The van der Waals surface area contributed by atoms with Crippen LogP contribution in [0.3, 0.4) is 0 Å². The second-order valence-electron chi connectivity index (χ2n) is 8.98. The van der Waals surface area contributed by atoms with Crippen molar-refractivity contribution < 1.29 is 14.3 Å². The van der Waals surface area contributed by atoms with Gasteiger partial charge in [-0.25, -0.2) is 4.98 Å². The van der Waals surface area contributed by atoms with Crippen LogP contribution in [0.4, 0.5) is 5.13 Å². The number of carbonyl (C=O) groups is 1. The lowest BCUT2D eigenvalue weighted by atomic mass is 9.86. The summed E-state index contributed by atoms with van der Waals surface area (Å²) in [6, 6.07) is 11.7. The molecule has 8 heteroatoms. The molecule has 3 aromatic rings. The number of aromatic nitrogens is 1. The summed E-state index contributed by atoms with van der Waals surface area (Å²) >= 11 is 1.49. The molecule has 0 aliphatic rings. The Hall–Kier alpha value is -2.35. The van der Waals surface area contributed by atoms with E-state index in [1.807, 2.05) is 36.4 Å². The van der Waals surface area contributed by atoms with Crippen molar-refractivity contribution in [2.24, 2.45) is 0 Å². The van der Waals surface area contributed by atoms with Crippen LogP contribution < -0.4 is 14.4 Å². The van der Waals surface area contributed by atoms with Crippen LogP contribution in [-0.4, -0.2) is 56.2 Å². The summed E-state index contributed by atoms with van der Waals surface area (Å²) in [4.78, 5) is 22.6. The van der Waals surface area contributed by atoms with E-state index in [-0.39, 0.29) is 23.7 Å². The lowest BCUT2D eigenvalue weighted by Gasteiger charge is -2.25. The number of hydrogen-bond acceptors (Lipinski definition) is 6. The van der Waals surface area contributed by atoms with Crippen molar-refractivity contribution in [1.29, 1.82) is 0 Å². The zero-order valence-corrected chi connectivity index (χ0v) is 22.8. The van der Waals surface area contributed by atoms with Crippen LogP contribution >= 0.6 is 23.7 Å². The van der Waals surface area contributed by atoms with Crippen molar-refractivity contribution in [3.63, 3.8) is 0 Å². The summed E-state index contributed by atoms with van der Waals surface area (Å²) in [5.41, 5.74) is 2.69. The van der Waals surface area contributed by atoms with Gasteiger partial charge >= 0.3 is 0 Å². The summed E-state index contributed by atoms with van der Waals surface area (Å²) in [7, 11) is 3.23. The number of likely N-dealkylation sites (N-methyl/N-ethyl adjacent to an activating group) is 1. The number of ether oxygens (including phenoxy) is 2. The van der Waals surface area contributed by atoms with Crippen molar-refractivity contribution >= 4 is 45.0 Å². The largest absolute Gasteiger partial charge is 0.493 e. The molecule has 0 atom stereocenters. The normalized spacial score (nSPS) is 11.4. The molecule has 0 aliphatic carbocycles. The molecule has 186 valence electrons. The van der Waals surface area contributed by atoms with Crippen molar-refractivity contribution in [2.75, 3.05) is 45.3 Å². The third kappa shape index (κ3) is 6.20. The average molecular weight is 506 g/mol. The van der Waals surface area contributed by atoms with Gasteiger partial charge in [0, 0.05) is 30.8 Å². The van der Waals surface area contributed by atoms with Crippen LogP contribution in [-0.2, 0) is 5.41 Å². The highest BCUT2D eigenvalue weighted by Crippen LogP contribution is 2.37. The molecule has 34 heavy (non-hydrogen) atoms. The fourth-order valence-corrected chi connectivity index (χ4v) is 4.69.